The van der Waals surface area contributed by atoms with Crippen LogP contribution in [0.4, 0.5) is 13.2 Å². The normalized spacial score (nSPS) is 12.1. The molecule has 0 fully saturated rings. The van der Waals surface area contributed by atoms with E-state index in [1.807, 2.05) is 0 Å². The summed E-state index contributed by atoms with van der Waals surface area (Å²) in [4.78, 5) is 11.4. The van der Waals surface area contributed by atoms with E-state index < -0.39 is 24.1 Å². The van der Waals surface area contributed by atoms with Crippen LogP contribution in [-0.2, 0) is 9.53 Å². The summed E-state index contributed by atoms with van der Waals surface area (Å²) in [5.74, 6) is -0.715. The number of alkyl halides is 3. The van der Waals surface area contributed by atoms with Gasteiger partial charge in [-0.1, -0.05) is 0 Å². The van der Waals surface area contributed by atoms with Crippen LogP contribution in [0.5, 0.6) is 11.5 Å². The zero-order valence-corrected chi connectivity index (χ0v) is 12.8. The van der Waals surface area contributed by atoms with Gasteiger partial charge in [-0.05, 0) is 25.1 Å². The summed E-state index contributed by atoms with van der Waals surface area (Å²) in [6.45, 7) is 1.84. The highest BCUT2D eigenvalue weighted by molar-refractivity contribution is 5.85. The fourth-order valence-electron chi connectivity index (χ4n) is 1.71. The zero-order chi connectivity index (χ0) is 16.0. The van der Waals surface area contributed by atoms with Crippen LogP contribution in [0.3, 0.4) is 0 Å². The quantitative estimate of drug-likeness (QED) is 0.804. The molecule has 0 spiro atoms. The average molecular weight is 344 g/mol. The molecule has 9 heteroatoms. The summed E-state index contributed by atoms with van der Waals surface area (Å²) >= 11 is 0. The van der Waals surface area contributed by atoms with Crippen molar-refractivity contribution in [3.05, 3.63) is 23.8 Å². The Kier molecular flexibility index (Phi) is 8.04. The van der Waals surface area contributed by atoms with Gasteiger partial charge in [0.1, 0.15) is 11.5 Å². The fourth-order valence-corrected chi connectivity index (χ4v) is 1.71. The summed E-state index contributed by atoms with van der Waals surface area (Å²) < 4.78 is 50.2. The molecule has 0 aliphatic carbocycles. The van der Waals surface area contributed by atoms with E-state index in [0.717, 1.165) is 12.1 Å². The Morgan fingerprint density at radius 2 is 2.00 bits per heavy atom. The number of nitrogens with two attached hydrogens (primary N) is 1. The molecule has 1 atom stereocenters. The summed E-state index contributed by atoms with van der Waals surface area (Å²) in [5, 5.41) is 0. The van der Waals surface area contributed by atoms with Gasteiger partial charge in [-0.2, -0.15) is 0 Å². The van der Waals surface area contributed by atoms with Gasteiger partial charge in [-0.3, -0.25) is 4.79 Å². The van der Waals surface area contributed by atoms with Crippen LogP contribution in [0.1, 0.15) is 24.9 Å². The molecule has 0 aromatic heterocycles. The number of carbonyl (C=O) groups is 1. The van der Waals surface area contributed by atoms with Crippen molar-refractivity contribution in [2.24, 2.45) is 5.73 Å². The van der Waals surface area contributed by atoms with Crippen LogP contribution in [0, 0.1) is 0 Å². The first-order chi connectivity index (χ1) is 9.76. The van der Waals surface area contributed by atoms with Gasteiger partial charge in [0.2, 0.25) is 0 Å². The predicted octanol–water partition coefficient (Wildman–Crippen LogP) is 2.97. The minimum absolute atomic E-state index is 0. The van der Waals surface area contributed by atoms with Crippen molar-refractivity contribution >= 4 is 18.4 Å². The summed E-state index contributed by atoms with van der Waals surface area (Å²) in [7, 11) is 1.35. The number of rotatable bonds is 6. The third-order valence-corrected chi connectivity index (χ3v) is 2.53. The second-order valence-corrected chi connectivity index (χ2v) is 4.07. The maximum Gasteiger partial charge on any atom is 0.573 e. The number of halogens is 4. The van der Waals surface area contributed by atoms with E-state index in [4.69, 9.17) is 15.2 Å². The molecule has 2 N–H and O–H groups in total. The molecule has 0 aliphatic heterocycles. The number of esters is 1. The van der Waals surface area contributed by atoms with Gasteiger partial charge in [-0.25, -0.2) is 0 Å². The van der Waals surface area contributed by atoms with Crippen molar-refractivity contribution in [1.82, 2.24) is 0 Å². The molecule has 126 valence electrons. The number of ether oxygens (including phenoxy) is 3. The van der Waals surface area contributed by atoms with Crippen molar-refractivity contribution < 1.29 is 32.2 Å². The van der Waals surface area contributed by atoms with Crippen LogP contribution in [0.15, 0.2) is 18.2 Å². The molecule has 0 unspecified atom stereocenters. The fraction of sp³-hybridized carbons (Fsp3) is 0.462. The Morgan fingerprint density at radius 1 is 1.36 bits per heavy atom. The van der Waals surface area contributed by atoms with Crippen LogP contribution >= 0.6 is 12.4 Å². The zero-order valence-electron chi connectivity index (χ0n) is 12.0. The summed E-state index contributed by atoms with van der Waals surface area (Å²) in [6.07, 6.45) is -4.99. The third-order valence-electron chi connectivity index (χ3n) is 2.53. The first kappa shape index (κ1) is 20.3. The maximum atomic E-state index is 12.2. The van der Waals surface area contributed by atoms with E-state index in [-0.39, 0.29) is 36.7 Å². The van der Waals surface area contributed by atoms with Crippen LogP contribution < -0.4 is 15.2 Å². The number of hydrogen-bond acceptors (Lipinski definition) is 5. The van der Waals surface area contributed by atoms with Crippen LogP contribution in [0.25, 0.3) is 0 Å². The highest BCUT2D eigenvalue weighted by atomic mass is 35.5. The molecule has 0 bridgehead atoms. The Bertz CT molecular complexity index is 497. The van der Waals surface area contributed by atoms with Crippen molar-refractivity contribution in [3.8, 4) is 11.5 Å². The van der Waals surface area contributed by atoms with E-state index >= 15 is 0 Å². The second-order valence-electron chi connectivity index (χ2n) is 4.07. The molecule has 0 heterocycles. The van der Waals surface area contributed by atoms with Gasteiger partial charge < -0.3 is 19.9 Å². The highest BCUT2D eigenvalue weighted by Crippen LogP contribution is 2.32. The lowest BCUT2D eigenvalue weighted by Gasteiger charge is -2.17. The molecule has 5 nitrogen and oxygen atoms in total. The molecule has 0 amide bonds. The van der Waals surface area contributed by atoms with Crippen LogP contribution in [-0.4, -0.2) is 26.0 Å². The highest BCUT2D eigenvalue weighted by Gasteiger charge is 2.31. The monoisotopic (exact) mass is 343 g/mol. The van der Waals surface area contributed by atoms with E-state index in [1.165, 1.54) is 13.2 Å². The Labute approximate surface area is 131 Å². The lowest BCUT2D eigenvalue weighted by molar-refractivity contribution is -0.274. The first-order valence-electron chi connectivity index (χ1n) is 6.11. The first-order valence-corrected chi connectivity index (χ1v) is 6.11. The molecule has 1 rings (SSSR count). The number of hydrogen-bond donors (Lipinski definition) is 1. The summed E-state index contributed by atoms with van der Waals surface area (Å²) in [5.41, 5.74) is 6.05. The number of carbonyl (C=O) groups excluding carboxylic acids is 1. The van der Waals surface area contributed by atoms with E-state index in [0.29, 0.717) is 0 Å². The molecule has 1 aromatic rings. The minimum Gasteiger partial charge on any atom is -0.496 e. The van der Waals surface area contributed by atoms with E-state index in [9.17, 15) is 18.0 Å². The van der Waals surface area contributed by atoms with Gasteiger partial charge in [0, 0.05) is 11.6 Å². The van der Waals surface area contributed by atoms with Gasteiger partial charge in [0.25, 0.3) is 0 Å². The smallest absolute Gasteiger partial charge is 0.496 e. The van der Waals surface area contributed by atoms with Crippen molar-refractivity contribution in [2.45, 2.75) is 25.7 Å². The molecule has 0 saturated carbocycles. The predicted molar refractivity (Wildman–Crippen MR) is 75.1 cm³/mol. The van der Waals surface area contributed by atoms with E-state index in [2.05, 4.69) is 4.74 Å². The molecular formula is C13H17ClF3NO4. The molecular weight excluding hydrogens is 327 g/mol. The van der Waals surface area contributed by atoms with Gasteiger partial charge in [0.05, 0.1) is 20.1 Å². The molecule has 0 saturated heterocycles. The van der Waals surface area contributed by atoms with Crippen molar-refractivity contribution in [3.63, 3.8) is 0 Å². The average Bonchev–Trinajstić information content (AvgIpc) is 2.36. The van der Waals surface area contributed by atoms with Gasteiger partial charge >= 0.3 is 12.3 Å². The van der Waals surface area contributed by atoms with Crippen LogP contribution in [0.2, 0.25) is 0 Å². The number of benzene rings is 1. The molecule has 22 heavy (non-hydrogen) atoms. The lowest BCUT2D eigenvalue weighted by Crippen LogP contribution is -2.20. The topological polar surface area (TPSA) is 70.8 Å². The maximum absolute atomic E-state index is 12.2. The van der Waals surface area contributed by atoms with Crippen molar-refractivity contribution in [1.29, 1.82) is 0 Å². The Morgan fingerprint density at radius 3 is 2.50 bits per heavy atom. The molecule has 1 aromatic carbocycles. The van der Waals surface area contributed by atoms with Crippen molar-refractivity contribution in [2.75, 3.05) is 13.7 Å². The van der Waals surface area contributed by atoms with Gasteiger partial charge in [-0.15, -0.1) is 25.6 Å². The summed E-state index contributed by atoms with van der Waals surface area (Å²) in [6, 6.07) is 2.63. The Hall–Kier alpha value is -1.67. The Balaban J connectivity index is 0.00000441. The minimum atomic E-state index is -4.81. The lowest BCUT2D eigenvalue weighted by atomic mass is 10.0. The molecule has 0 aliphatic rings. The largest absolute Gasteiger partial charge is 0.573 e. The third kappa shape index (κ3) is 6.40. The van der Waals surface area contributed by atoms with E-state index in [1.54, 1.807) is 6.92 Å². The van der Waals surface area contributed by atoms with Gasteiger partial charge in [0.15, 0.2) is 0 Å². The standard InChI is InChI=1S/C13H16F3NO4.ClH/c1-3-20-12(18)7-10(17)9-6-8(21-13(14,15)16)4-5-11(9)19-2;/h4-6,10H,3,7,17H2,1-2H3;1H/t10-;/m1./s1. The SMILES string of the molecule is CCOC(=O)C[C@@H](N)c1cc(OC(F)(F)F)ccc1OC.Cl. The second kappa shape index (κ2) is 8.70. The number of methoxy groups -OCH3 is 1. The molecule has 0 radical (unpaired) electrons.